The van der Waals surface area contributed by atoms with Gasteiger partial charge in [0.1, 0.15) is 11.5 Å². The summed E-state index contributed by atoms with van der Waals surface area (Å²) >= 11 is 1.88. The number of fused-ring (bicyclic) bond motifs is 1. The summed E-state index contributed by atoms with van der Waals surface area (Å²) in [5.74, 6) is 2.92. The van der Waals surface area contributed by atoms with Crippen molar-refractivity contribution in [2.75, 3.05) is 20.0 Å². The van der Waals surface area contributed by atoms with Gasteiger partial charge in [0.25, 0.3) is 0 Å². The van der Waals surface area contributed by atoms with Gasteiger partial charge in [-0.2, -0.15) is 0 Å². The molecule has 4 rings (SSSR count). The molecule has 0 aliphatic carbocycles. The fourth-order valence-corrected chi connectivity index (χ4v) is 5.58. The molecule has 0 unspecified atom stereocenters. The average Bonchev–Trinajstić information content (AvgIpc) is 2.79. The molecule has 0 saturated heterocycles. The SMILES string of the molecule is COc1ccc([C@@]2(C)CSc3cc(OC)ccc3[C@H]2c2ccc(CO)cc2)cc1. The predicted molar refractivity (Wildman–Crippen MR) is 118 cm³/mol. The quantitative estimate of drug-likeness (QED) is 0.616. The van der Waals surface area contributed by atoms with E-state index in [1.165, 1.54) is 21.6 Å². The van der Waals surface area contributed by atoms with Gasteiger partial charge in [-0.05, 0) is 46.5 Å². The lowest BCUT2D eigenvalue weighted by Gasteiger charge is -2.43. The third-order valence-electron chi connectivity index (χ3n) is 5.94. The third-order valence-corrected chi connectivity index (χ3v) is 7.35. The molecular formula is C25H26O3S. The molecule has 1 heterocycles. The Labute approximate surface area is 176 Å². The smallest absolute Gasteiger partial charge is 0.119 e. The van der Waals surface area contributed by atoms with Gasteiger partial charge in [-0.3, -0.25) is 0 Å². The first-order valence-corrected chi connectivity index (χ1v) is 10.7. The standard InChI is InChI=1S/C25H26O3S/c1-25(19-8-10-20(27-2)11-9-19)16-29-23-14-21(28-3)12-13-22(23)24(25)18-6-4-17(15-26)5-7-18/h4-14,24,26H,15-16H2,1-3H3/t24-,25-/m1/s1. The summed E-state index contributed by atoms with van der Waals surface area (Å²) in [5.41, 5.74) is 4.71. The third kappa shape index (κ3) is 3.63. The van der Waals surface area contributed by atoms with E-state index in [9.17, 15) is 5.11 Å². The van der Waals surface area contributed by atoms with E-state index in [4.69, 9.17) is 9.47 Å². The molecule has 0 saturated carbocycles. The molecule has 3 aromatic carbocycles. The fourth-order valence-electron chi connectivity index (χ4n) is 4.24. The predicted octanol–water partition coefficient (Wildman–Crippen LogP) is 5.39. The fraction of sp³-hybridized carbons (Fsp3) is 0.280. The lowest BCUT2D eigenvalue weighted by atomic mass is 9.67. The number of aliphatic hydroxyl groups excluding tert-OH is 1. The summed E-state index contributed by atoms with van der Waals surface area (Å²) in [4.78, 5) is 1.27. The van der Waals surface area contributed by atoms with Crippen molar-refractivity contribution in [2.24, 2.45) is 0 Å². The molecule has 0 radical (unpaired) electrons. The Balaban J connectivity index is 1.86. The monoisotopic (exact) mass is 406 g/mol. The van der Waals surface area contributed by atoms with Crippen LogP contribution in [0.25, 0.3) is 0 Å². The zero-order valence-electron chi connectivity index (χ0n) is 17.0. The summed E-state index contributed by atoms with van der Waals surface area (Å²) in [6.07, 6.45) is 0. The van der Waals surface area contributed by atoms with Gasteiger partial charge in [0.15, 0.2) is 0 Å². The normalized spacial score (nSPS) is 20.8. The lowest BCUT2D eigenvalue weighted by Crippen LogP contribution is -2.36. The highest BCUT2D eigenvalue weighted by Gasteiger charge is 2.42. The summed E-state index contributed by atoms with van der Waals surface area (Å²) in [7, 11) is 3.41. The van der Waals surface area contributed by atoms with Gasteiger partial charge in [-0.15, -0.1) is 11.8 Å². The molecule has 0 spiro atoms. The molecule has 150 valence electrons. The number of ether oxygens (including phenoxy) is 2. The van der Waals surface area contributed by atoms with E-state index >= 15 is 0 Å². The summed E-state index contributed by atoms with van der Waals surface area (Å²) in [6.45, 7) is 2.41. The Morgan fingerprint density at radius 3 is 2.21 bits per heavy atom. The average molecular weight is 407 g/mol. The van der Waals surface area contributed by atoms with Gasteiger partial charge in [-0.1, -0.05) is 49.4 Å². The van der Waals surface area contributed by atoms with Crippen LogP contribution in [0.5, 0.6) is 11.5 Å². The van der Waals surface area contributed by atoms with Crippen LogP contribution in [0.4, 0.5) is 0 Å². The Morgan fingerprint density at radius 1 is 0.931 bits per heavy atom. The van der Waals surface area contributed by atoms with Gasteiger partial charge in [-0.25, -0.2) is 0 Å². The zero-order chi connectivity index (χ0) is 20.4. The highest BCUT2D eigenvalue weighted by Crippen LogP contribution is 2.53. The first-order chi connectivity index (χ1) is 14.1. The van der Waals surface area contributed by atoms with E-state index in [1.807, 2.05) is 42.1 Å². The van der Waals surface area contributed by atoms with Crippen molar-refractivity contribution in [3.8, 4) is 11.5 Å². The van der Waals surface area contributed by atoms with Crippen LogP contribution < -0.4 is 9.47 Å². The summed E-state index contributed by atoms with van der Waals surface area (Å²) in [6, 6.07) is 23.2. The lowest BCUT2D eigenvalue weighted by molar-refractivity contribution is 0.282. The first-order valence-electron chi connectivity index (χ1n) is 9.74. The molecule has 29 heavy (non-hydrogen) atoms. The van der Waals surface area contributed by atoms with Gasteiger partial charge >= 0.3 is 0 Å². The van der Waals surface area contributed by atoms with Crippen LogP contribution in [0.1, 0.15) is 35.1 Å². The maximum absolute atomic E-state index is 9.46. The van der Waals surface area contributed by atoms with Crippen LogP contribution in [0.2, 0.25) is 0 Å². The summed E-state index contributed by atoms with van der Waals surface area (Å²) in [5, 5.41) is 9.46. The van der Waals surface area contributed by atoms with Crippen molar-refractivity contribution in [2.45, 2.75) is 29.8 Å². The number of hydrogen-bond donors (Lipinski definition) is 1. The number of thioether (sulfide) groups is 1. The van der Waals surface area contributed by atoms with Crippen LogP contribution in [0.15, 0.2) is 71.6 Å². The van der Waals surface area contributed by atoms with Crippen LogP contribution in [-0.2, 0) is 12.0 Å². The van der Waals surface area contributed by atoms with E-state index in [1.54, 1.807) is 14.2 Å². The van der Waals surface area contributed by atoms with Crippen LogP contribution in [0.3, 0.4) is 0 Å². The Bertz CT molecular complexity index is 982. The molecule has 0 aromatic heterocycles. The second-order valence-electron chi connectivity index (χ2n) is 7.67. The van der Waals surface area contributed by atoms with Crippen molar-refractivity contribution >= 4 is 11.8 Å². The van der Waals surface area contributed by atoms with Gasteiger partial charge in [0.05, 0.1) is 20.8 Å². The summed E-state index contributed by atoms with van der Waals surface area (Å²) < 4.78 is 10.8. The Morgan fingerprint density at radius 2 is 1.59 bits per heavy atom. The molecule has 3 aromatic rings. The van der Waals surface area contributed by atoms with Gasteiger partial charge in [0.2, 0.25) is 0 Å². The highest BCUT2D eigenvalue weighted by atomic mass is 32.2. The molecule has 4 heteroatoms. The van der Waals surface area contributed by atoms with E-state index in [0.717, 1.165) is 22.8 Å². The molecular weight excluding hydrogens is 380 g/mol. The topological polar surface area (TPSA) is 38.7 Å². The number of hydrogen-bond acceptors (Lipinski definition) is 4. The van der Waals surface area contributed by atoms with Crippen molar-refractivity contribution in [1.29, 1.82) is 0 Å². The second kappa shape index (κ2) is 8.13. The van der Waals surface area contributed by atoms with E-state index in [-0.39, 0.29) is 17.9 Å². The van der Waals surface area contributed by atoms with Gasteiger partial charge in [0, 0.05) is 22.0 Å². The van der Waals surface area contributed by atoms with Crippen LogP contribution in [-0.4, -0.2) is 25.1 Å². The van der Waals surface area contributed by atoms with E-state index in [2.05, 4.69) is 43.3 Å². The van der Waals surface area contributed by atoms with Crippen LogP contribution in [0, 0.1) is 0 Å². The maximum atomic E-state index is 9.46. The number of rotatable bonds is 5. The van der Waals surface area contributed by atoms with E-state index < -0.39 is 0 Å². The minimum atomic E-state index is -0.0841. The molecule has 1 aliphatic heterocycles. The Hall–Kier alpha value is -2.43. The maximum Gasteiger partial charge on any atom is 0.119 e. The Kier molecular flexibility index (Phi) is 5.57. The molecule has 2 atom stereocenters. The van der Waals surface area contributed by atoms with Crippen molar-refractivity contribution in [3.05, 3.63) is 89.0 Å². The number of methoxy groups -OCH3 is 2. The number of aliphatic hydroxyl groups is 1. The number of benzene rings is 3. The molecule has 3 nitrogen and oxygen atoms in total. The van der Waals surface area contributed by atoms with E-state index in [0.29, 0.717) is 0 Å². The first kappa shape index (κ1) is 19.9. The molecule has 0 bridgehead atoms. The minimum absolute atomic E-state index is 0.0599. The molecule has 1 N–H and O–H groups in total. The van der Waals surface area contributed by atoms with Crippen molar-refractivity contribution in [3.63, 3.8) is 0 Å². The molecule has 1 aliphatic rings. The zero-order valence-corrected chi connectivity index (χ0v) is 17.8. The van der Waals surface area contributed by atoms with Crippen molar-refractivity contribution in [1.82, 2.24) is 0 Å². The molecule has 0 fully saturated rings. The second-order valence-corrected chi connectivity index (χ2v) is 8.69. The highest BCUT2D eigenvalue weighted by molar-refractivity contribution is 7.99. The van der Waals surface area contributed by atoms with Crippen LogP contribution >= 0.6 is 11.8 Å². The van der Waals surface area contributed by atoms with Crippen molar-refractivity contribution < 1.29 is 14.6 Å². The molecule has 0 amide bonds. The largest absolute Gasteiger partial charge is 0.497 e. The van der Waals surface area contributed by atoms with Gasteiger partial charge < -0.3 is 14.6 Å². The minimum Gasteiger partial charge on any atom is -0.497 e.